The predicted octanol–water partition coefficient (Wildman–Crippen LogP) is 4.02. The van der Waals surface area contributed by atoms with E-state index >= 15 is 0 Å². The summed E-state index contributed by atoms with van der Waals surface area (Å²) in [7, 11) is 0. The van der Waals surface area contributed by atoms with Crippen LogP contribution in [-0.2, 0) is 6.42 Å². The number of nitrogen functional groups attached to an aromatic ring is 1. The van der Waals surface area contributed by atoms with Gasteiger partial charge in [-0.15, -0.1) is 0 Å². The van der Waals surface area contributed by atoms with E-state index in [0.717, 1.165) is 38.0 Å². The van der Waals surface area contributed by atoms with Crippen LogP contribution in [0.25, 0.3) is 5.57 Å². The highest BCUT2D eigenvalue weighted by Gasteiger charge is 2.13. The number of benzene rings is 1. The first-order chi connectivity index (χ1) is 10.2. The van der Waals surface area contributed by atoms with Gasteiger partial charge in [-0.25, -0.2) is 0 Å². The van der Waals surface area contributed by atoms with Crippen molar-refractivity contribution in [2.45, 2.75) is 33.1 Å². The van der Waals surface area contributed by atoms with Gasteiger partial charge in [-0.3, -0.25) is 0 Å². The van der Waals surface area contributed by atoms with Crippen molar-refractivity contribution in [2.75, 3.05) is 18.8 Å². The molecule has 1 aromatic rings. The molecule has 0 radical (unpaired) electrons. The molecule has 0 fully saturated rings. The standard InChI is InChI=1S/C19H26N2/c1-4-7-15(5-2)18-8-6-10-21-11-9-16-12-17(20)13-19(18)14(16)3/h4,7-8,12-13,21H,1,5-6,9-11,20H2,2-3H3/b15-7+,18-8-. The van der Waals surface area contributed by atoms with Crippen LogP contribution in [0.5, 0.6) is 0 Å². The van der Waals surface area contributed by atoms with Crippen molar-refractivity contribution in [3.05, 3.63) is 59.2 Å². The lowest BCUT2D eigenvalue weighted by Crippen LogP contribution is -2.19. The lowest BCUT2D eigenvalue weighted by molar-refractivity contribution is 0.687. The zero-order valence-electron chi connectivity index (χ0n) is 13.2. The number of hydrogen-bond acceptors (Lipinski definition) is 2. The van der Waals surface area contributed by atoms with E-state index in [-0.39, 0.29) is 0 Å². The highest BCUT2D eigenvalue weighted by Crippen LogP contribution is 2.32. The van der Waals surface area contributed by atoms with Gasteiger partial charge in [0.15, 0.2) is 0 Å². The van der Waals surface area contributed by atoms with Crippen LogP contribution in [0.1, 0.15) is 36.5 Å². The van der Waals surface area contributed by atoms with Crippen molar-refractivity contribution in [1.82, 2.24) is 5.32 Å². The molecule has 1 aliphatic rings. The zero-order chi connectivity index (χ0) is 15.2. The van der Waals surface area contributed by atoms with E-state index in [1.54, 1.807) is 0 Å². The zero-order valence-corrected chi connectivity index (χ0v) is 13.2. The van der Waals surface area contributed by atoms with E-state index in [1.807, 2.05) is 6.08 Å². The molecule has 0 saturated heterocycles. The molecule has 1 heterocycles. The maximum absolute atomic E-state index is 6.14. The van der Waals surface area contributed by atoms with Gasteiger partial charge in [0, 0.05) is 5.69 Å². The molecule has 21 heavy (non-hydrogen) atoms. The molecule has 0 spiro atoms. The molecule has 0 unspecified atom stereocenters. The first kappa shape index (κ1) is 15.6. The first-order valence-electron chi connectivity index (χ1n) is 7.79. The van der Waals surface area contributed by atoms with E-state index in [2.05, 4.69) is 50.0 Å². The Balaban J connectivity index is 2.62. The fraction of sp³-hybridized carbons (Fsp3) is 0.368. The van der Waals surface area contributed by atoms with Gasteiger partial charge in [-0.2, -0.15) is 0 Å². The quantitative estimate of drug-likeness (QED) is 0.649. The summed E-state index contributed by atoms with van der Waals surface area (Å²) in [5.74, 6) is 0. The second-order valence-electron chi connectivity index (χ2n) is 5.54. The van der Waals surface area contributed by atoms with Crippen LogP contribution in [0.15, 0.2) is 42.5 Å². The van der Waals surface area contributed by atoms with Crippen molar-refractivity contribution in [3.63, 3.8) is 0 Å². The lowest BCUT2D eigenvalue weighted by Gasteiger charge is -2.19. The molecule has 112 valence electrons. The summed E-state index contributed by atoms with van der Waals surface area (Å²) in [6.07, 6.45) is 9.39. The van der Waals surface area contributed by atoms with E-state index in [4.69, 9.17) is 5.73 Å². The highest BCUT2D eigenvalue weighted by molar-refractivity contribution is 5.83. The smallest absolute Gasteiger partial charge is 0.0323 e. The molecule has 0 amide bonds. The normalized spacial score (nSPS) is 18.8. The van der Waals surface area contributed by atoms with Gasteiger partial charge in [-0.1, -0.05) is 31.7 Å². The number of allylic oxidation sites excluding steroid dienone is 4. The fourth-order valence-electron chi connectivity index (χ4n) is 2.96. The minimum Gasteiger partial charge on any atom is -0.399 e. The molecule has 2 nitrogen and oxygen atoms in total. The summed E-state index contributed by atoms with van der Waals surface area (Å²) in [4.78, 5) is 0. The molecule has 0 aromatic heterocycles. The molecule has 0 atom stereocenters. The third kappa shape index (κ3) is 3.64. The molecule has 2 rings (SSSR count). The Morgan fingerprint density at radius 3 is 2.90 bits per heavy atom. The molecule has 1 aliphatic heterocycles. The van der Waals surface area contributed by atoms with Gasteiger partial charge in [0.1, 0.15) is 0 Å². The average molecular weight is 282 g/mol. The largest absolute Gasteiger partial charge is 0.399 e. The Hall–Kier alpha value is -1.80. The van der Waals surface area contributed by atoms with E-state index < -0.39 is 0 Å². The molecule has 2 heteroatoms. The third-order valence-corrected chi connectivity index (χ3v) is 4.11. The summed E-state index contributed by atoms with van der Waals surface area (Å²) < 4.78 is 0. The van der Waals surface area contributed by atoms with Gasteiger partial charge in [0.2, 0.25) is 0 Å². The van der Waals surface area contributed by atoms with Crippen molar-refractivity contribution in [2.24, 2.45) is 0 Å². The summed E-state index contributed by atoms with van der Waals surface area (Å²) in [5.41, 5.74) is 13.6. The SMILES string of the molecule is C=C/C=C(CC)/C1=C/CCNCCc2cc(N)cc1c2C. The minimum atomic E-state index is 0.853. The van der Waals surface area contributed by atoms with Crippen molar-refractivity contribution < 1.29 is 0 Å². The van der Waals surface area contributed by atoms with Crippen molar-refractivity contribution in [3.8, 4) is 0 Å². The monoisotopic (exact) mass is 282 g/mol. The molecule has 2 bridgehead atoms. The van der Waals surface area contributed by atoms with Crippen LogP contribution in [0.3, 0.4) is 0 Å². The van der Waals surface area contributed by atoms with Crippen LogP contribution in [-0.4, -0.2) is 13.1 Å². The molecular formula is C19H26N2. The Morgan fingerprint density at radius 1 is 1.38 bits per heavy atom. The number of nitrogens with one attached hydrogen (secondary N) is 1. The summed E-state index contributed by atoms with van der Waals surface area (Å²) >= 11 is 0. The maximum Gasteiger partial charge on any atom is 0.0323 e. The van der Waals surface area contributed by atoms with Gasteiger partial charge >= 0.3 is 0 Å². The Kier molecular flexibility index (Phi) is 5.40. The predicted molar refractivity (Wildman–Crippen MR) is 93.3 cm³/mol. The lowest BCUT2D eigenvalue weighted by atomic mass is 9.88. The van der Waals surface area contributed by atoms with Crippen molar-refractivity contribution >= 4 is 11.3 Å². The molecule has 3 N–H and O–H groups in total. The second kappa shape index (κ2) is 7.28. The maximum atomic E-state index is 6.14. The van der Waals surface area contributed by atoms with E-state index in [9.17, 15) is 0 Å². The molecular weight excluding hydrogens is 256 g/mol. The van der Waals surface area contributed by atoms with Gasteiger partial charge in [0.05, 0.1) is 0 Å². The number of nitrogens with two attached hydrogens (primary N) is 1. The average Bonchev–Trinajstić information content (AvgIpc) is 2.47. The Labute approximate surface area is 128 Å². The third-order valence-electron chi connectivity index (χ3n) is 4.11. The Morgan fingerprint density at radius 2 is 2.19 bits per heavy atom. The number of anilines is 1. The summed E-state index contributed by atoms with van der Waals surface area (Å²) in [6.45, 7) is 10.3. The van der Waals surface area contributed by atoms with Crippen molar-refractivity contribution in [1.29, 1.82) is 0 Å². The topological polar surface area (TPSA) is 38.0 Å². The van der Waals surface area contributed by atoms with Crippen LogP contribution in [0, 0.1) is 6.92 Å². The van der Waals surface area contributed by atoms with Gasteiger partial charge < -0.3 is 11.1 Å². The number of rotatable bonds is 3. The number of hydrogen-bond donors (Lipinski definition) is 2. The summed E-state index contributed by atoms with van der Waals surface area (Å²) in [6, 6.07) is 4.23. The molecule has 0 saturated carbocycles. The molecule has 0 aliphatic carbocycles. The van der Waals surface area contributed by atoms with Crippen LogP contribution < -0.4 is 11.1 Å². The van der Waals surface area contributed by atoms with E-state index in [0.29, 0.717) is 0 Å². The van der Waals surface area contributed by atoms with Crippen LogP contribution >= 0.6 is 0 Å². The first-order valence-corrected chi connectivity index (χ1v) is 7.79. The van der Waals surface area contributed by atoms with Crippen LogP contribution in [0.2, 0.25) is 0 Å². The minimum absolute atomic E-state index is 0.853. The highest BCUT2D eigenvalue weighted by atomic mass is 14.8. The summed E-state index contributed by atoms with van der Waals surface area (Å²) in [5, 5.41) is 3.50. The Bertz CT molecular complexity index is 579. The number of fused-ring (bicyclic) bond motifs is 2. The molecule has 1 aromatic carbocycles. The fourth-order valence-corrected chi connectivity index (χ4v) is 2.96. The van der Waals surface area contributed by atoms with Crippen LogP contribution in [0.4, 0.5) is 5.69 Å². The van der Waals surface area contributed by atoms with Gasteiger partial charge in [0.25, 0.3) is 0 Å². The second-order valence-corrected chi connectivity index (χ2v) is 5.54. The van der Waals surface area contributed by atoms with Gasteiger partial charge in [-0.05, 0) is 79.2 Å². The van der Waals surface area contributed by atoms with E-state index in [1.165, 1.54) is 27.8 Å².